The molecule has 4 nitrogen and oxygen atoms in total. The van der Waals surface area contributed by atoms with Crippen molar-refractivity contribution in [3.05, 3.63) is 0 Å². The third-order valence-corrected chi connectivity index (χ3v) is 3.11. The van der Waals surface area contributed by atoms with E-state index in [0.29, 0.717) is 6.54 Å². The van der Waals surface area contributed by atoms with Gasteiger partial charge >= 0.3 is 0 Å². The summed E-state index contributed by atoms with van der Waals surface area (Å²) in [4.78, 5) is 13.4. The van der Waals surface area contributed by atoms with Gasteiger partial charge in [-0.15, -0.1) is 0 Å². The lowest BCUT2D eigenvalue weighted by molar-refractivity contribution is -0.121. The van der Waals surface area contributed by atoms with Crippen LogP contribution < -0.4 is 10.6 Å². The monoisotopic (exact) mass is 183 g/mol. The molecule has 0 aliphatic carbocycles. The van der Waals surface area contributed by atoms with Gasteiger partial charge in [-0.2, -0.15) is 0 Å². The van der Waals surface area contributed by atoms with Gasteiger partial charge in [0, 0.05) is 20.1 Å². The Morgan fingerprint density at radius 1 is 1.46 bits per heavy atom. The van der Waals surface area contributed by atoms with Gasteiger partial charge in [0.15, 0.2) is 0 Å². The van der Waals surface area contributed by atoms with Gasteiger partial charge in [0.05, 0.1) is 6.54 Å². The second-order valence-corrected chi connectivity index (χ2v) is 4.05. The van der Waals surface area contributed by atoms with Crippen molar-refractivity contribution in [2.75, 3.05) is 39.8 Å². The fourth-order valence-corrected chi connectivity index (χ4v) is 2.36. The Labute approximate surface area is 78.7 Å². The molecular weight excluding hydrogens is 166 g/mol. The van der Waals surface area contributed by atoms with Gasteiger partial charge in [0.25, 0.3) is 0 Å². The quantitative estimate of drug-likeness (QED) is 0.570. The molecule has 2 saturated heterocycles. The average molecular weight is 183 g/mol. The van der Waals surface area contributed by atoms with Crippen LogP contribution in [0.2, 0.25) is 0 Å². The van der Waals surface area contributed by atoms with Crippen molar-refractivity contribution in [1.29, 1.82) is 0 Å². The summed E-state index contributed by atoms with van der Waals surface area (Å²) in [6.45, 7) is 5.02. The summed E-state index contributed by atoms with van der Waals surface area (Å²) < 4.78 is 0. The molecule has 0 bridgehead atoms. The number of likely N-dealkylation sites (N-methyl/N-ethyl adjacent to an activating group) is 1. The molecule has 0 aromatic carbocycles. The van der Waals surface area contributed by atoms with Crippen LogP contribution in [0.3, 0.4) is 0 Å². The van der Waals surface area contributed by atoms with E-state index in [-0.39, 0.29) is 5.91 Å². The average Bonchev–Trinajstić information content (AvgIpc) is 2.63. The van der Waals surface area contributed by atoms with Gasteiger partial charge in [0.1, 0.15) is 0 Å². The normalized spacial score (nSPS) is 33.3. The zero-order valence-corrected chi connectivity index (χ0v) is 8.05. The lowest BCUT2D eigenvalue weighted by atomic mass is 10.0. The molecule has 2 rings (SSSR count). The number of fused-ring (bicyclic) bond motifs is 1. The Kier molecular flexibility index (Phi) is 2.51. The molecule has 2 aliphatic heterocycles. The molecule has 13 heavy (non-hydrogen) atoms. The number of hydrogen-bond acceptors (Lipinski definition) is 3. The molecule has 2 N–H and O–H groups in total. The third kappa shape index (κ3) is 1.84. The highest BCUT2D eigenvalue weighted by atomic mass is 16.1. The van der Waals surface area contributed by atoms with E-state index in [1.54, 1.807) is 7.05 Å². The molecular formula is C9H17N3O. The molecule has 74 valence electrons. The topological polar surface area (TPSA) is 44.4 Å². The fraction of sp³-hybridized carbons (Fsp3) is 0.889. The minimum atomic E-state index is 0.132. The van der Waals surface area contributed by atoms with Crippen molar-refractivity contribution in [2.45, 2.75) is 0 Å². The first-order valence-corrected chi connectivity index (χ1v) is 4.93. The minimum Gasteiger partial charge on any atom is -0.358 e. The van der Waals surface area contributed by atoms with Crippen LogP contribution in [0.25, 0.3) is 0 Å². The SMILES string of the molecule is CNC(=O)CN1C[C@H]2CNC[C@H]2C1. The van der Waals surface area contributed by atoms with E-state index in [1.165, 1.54) is 0 Å². The molecule has 0 aromatic heterocycles. The smallest absolute Gasteiger partial charge is 0.233 e. The Morgan fingerprint density at radius 2 is 2.08 bits per heavy atom. The first kappa shape index (κ1) is 8.97. The summed E-state index contributed by atoms with van der Waals surface area (Å²) >= 11 is 0. The second kappa shape index (κ2) is 3.64. The number of nitrogens with one attached hydrogen (secondary N) is 2. The molecule has 2 atom stereocenters. The Hall–Kier alpha value is -0.610. The Bertz CT molecular complexity index is 195. The lowest BCUT2D eigenvalue weighted by Crippen LogP contribution is -2.35. The maximum atomic E-state index is 11.1. The maximum absolute atomic E-state index is 11.1. The number of rotatable bonds is 2. The molecule has 0 aromatic rings. The van der Waals surface area contributed by atoms with Crippen LogP contribution in [0, 0.1) is 11.8 Å². The molecule has 0 unspecified atom stereocenters. The number of likely N-dealkylation sites (tertiary alicyclic amines) is 1. The number of amides is 1. The van der Waals surface area contributed by atoms with E-state index in [9.17, 15) is 4.79 Å². The standard InChI is InChI=1S/C9H17N3O/c1-10-9(13)6-12-4-7-2-11-3-8(7)5-12/h7-8,11H,2-6H2,1H3,(H,10,13)/t7-,8+. The molecule has 1 amide bonds. The van der Waals surface area contributed by atoms with Crippen molar-refractivity contribution in [1.82, 2.24) is 15.5 Å². The zero-order valence-electron chi connectivity index (χ0n) is 8.05. The van der Waals surface area contributed by atoms with E-state index >= 15 is 0 Å². The van der Waals surface area contributed by atoms with Crippen molar-refractivity contribution < 1.29 is 4.79 Å². The number of carbonyl (C=O) groups is 1. The number of hydrogen-bond donors (Lipinski definition) is 2. The Morgan fingerprint density at radius 3 is 2.62 bits per heavy atom. The van der Waals surface area contributed by atoms with Gasteiger partial charge < -0.3 is 10.6 Å². The number of carbonyl (C=O) groups excluding carboxylic acids is 1. The molecule has 2 aliphatic rings. The van der Waals surface area contributed by atoms with Crippen LogP contribution in [-0.2, 0) is 4.79 Å². The second-order valence-electron chi connectivity index (χ2n) is 4.05. The fourth-order valence-electron chi connectivity index (χ4n) is 2.36. The third-order valence-electron chi connectivity index (χ3n) is 3.11. The van der Waals surface area contributed by atoms with Crippen LogP contribution in [-0.4, -0.2) is 50.6 Å². The highest BCUT2D eigenvalue weighted by Gasteiger charge is 2.36. The molecule has 0 saturated carbocycles. The van der Waals surface area contributed by atoms with Crippen LogP contribution in [0.4, 0.5) is 0 Å². The summed E-state index contributed by atoms with van der Waals surface area (Å²) in [7, 11) is 1.70. The predicted octanol–water partition coefficient (Wildman–Crippen LogP) is -1.12. The predicted molar refractivity (Wildman–Crippen MR) is 50.4 cm³/mol. The van der Waals surface area contributed by atoms with Crippen molar-refractivity contribution in [3.63, 3.8) is 0 Å². The first-order valence-electron chi connectivity index (χ1n) is 4.93. The van der Waals surface area contributed by atoms with E-state index in [1.807, 2.05) is 0 Å². The molecule has 0 radical (unpaired) electrons. The van der Waals surface area contributed by atoms with E-state index < -0.39 is 0 Å². The van der Waals surface area contributed by atoms with Gasteiger partial charge in [-0.05, 0) is 24.9 Å². The molecule has 4 heteroatoms. The van der Waals surface area contributed by atoms with Gasteiger partial charge in [-0.1, -0.05) is 0 Å². The lowest BCUT2D eigenvalue weighted by Gasteiger charge is -2.15. The van der Waals surface area contributed by atoms with Gasteiger partial charge in [-0.25, -0.2) is 0 Å². The zero-order chi connectivity index (χ0) is 9.26. The van der Waals surface area contributed by atoms with E-state index in [4.69, 9.17) is 0 Å². The van der Waals surface area contributed by atoms with Crippen molar-refractivity contribution >= 4 is 5.91 Å². The summed E-state index contributed by atoms with van der Waals surface area (Å²) in [6.07, 6.45) is 0. The van der Waals surface area contributed by atoms with Gasteiger partial charge in [0.2, 0.25) is 5.91 Å². The van der Waals surface area contributed by atoms with E-state index in [2.05, 4.69) is 15.5 Å². The summed E-state index contributed by atoms with van der Waals surface area (Å²) in [6, 6.07) is 0. The van der Waals surface area contributed by atoms with Gasteiger partial charge in [-0.3, -0.25) is 9.69 Å². The van der Waals surface area contributed by atoms with Crippen molar-refractivity contribution in [3.8, 4) is 0 Å². The molecule has 2 heterocycles. The van der Waals surface area contributed by atoms with Crippen LogP contribution in [0.5, 0.6) is 0 Å². The van der Waals surface area contributed by atoms with Crippen LogP contribution in [0.1, 0.15) is 0 Å². The Balaban J connectivity index is 1.82. The van der Waals surface area contributed by atoms with Crippen LogP contribution >= 0.6 is 0 Å². The van der Waals surface area contributed by atoms with Crippen molar-refractivity contribution in [2.24, 2.45) is 11.8 Å². The summed E-state index contributed by atoms with van der Waals surface area (Å²) in [5, 5.41) is 6.05. The summed E-state index contributed by atoms with van der Waals surface area (Å²) in [5.41, 5.74) is 0. The maximum Gasteiger partial charge on any atom is 0.233 e. The highest BCUT2D eigenvalue weighted by Crippen LogP contribution is 2.25. The minimum absolute atomic E-state index is 0.132. The largest absolute Gasteiger partial charge is 0.358 e. The van der Waals surface area contributed by atoms with Crippen LogP contribution in [0.15, 0.2) is 0 Å². The van der Waals surface area contributed by atoms with E-state index in [0.717, 1.165) is 38.0 Å². The first-order chi connectivity index (χ1) is 6.29. The highest BCUT2D eigenvalue weighted by molar-refractivity contribution is 5.77. The summed E-state index contributed by atoms with van der Waals surface area (Å²) in [5.74, 6) is 1.70. The molecule has 0 spiro atoms. The number of nitrogens with zero attached hydrogens (tertiary/aromatic N) is 1. The molecule has 2 fully saturated rings.